The van der Waals surface area contributed by atoms with Crippen molar-refractivity contribution in [2.45, 2.75) is 18.5 Å². The molecule has 0 bridgehead atoms. The number of hydrogen-bond donors (Lipinski definition) is 1. The summed E-state index contributed by atoms with van der Waals surface area (Å²) in [5.41, 5.74) is -1.41. The van der Waals surface area contributed by atoms with Crippen LogP contribution in [0.1, 0.15) is 18.4 Å². The second-order valence-corrected chi connectivity index (χ2v) is 4.70. The van der Waals surface area contributed by atoms with Gasteiger partial charge >= 0.3 is 0 Å². The average molecular weight is 276 g/mol. The Morgan fingerprint density at radius 1 is 1.40 bits per heavy atom. The minimum atomic E-state index is -1.56. The summed E-state index contributed by atoms with van der Waals surface area (Å²) in [5, 5.41) is 2.96. The van der Waals surface area contributed by atoms with Crippen LogP contribution in [0.25, 0.3) is 0 Å². The Hall–Kier alpha value is -0.480. The van der Waals surface area contributed by atoms with Gasteiger partial charge in [-0.15, -0.1) is 0 Å². The summed E-state index contributed by atoms with van der Waals surface area (Å²) in [6.45, 7) is 1.00. The fourth-order valence-corrected chi connectivity index (χ4v) is 2.31. The Labute approximate surface area is 96.0 Å². The highest BCUT2D eigenvalue weighted by Gasteiger charge is 2.36. The van der Waals surface area contributed by atoms with Gasteiger partial charge in [-0.25, -0.2) is 8.78 Å². The topological polar surface area (TPSA) is 12.0 Å². The molecule has 0 saturated carbocycles. The van der Waals surface area contributed by atoms with Gasteiger partial charge in [0.15, 0.2) is 5.67 Å². The highest BCUT2D eigenvalue weighted by atomic mass is 79.9. The lowest BCUT2D eigenvalue weighted by molar-refractivity contribution is 0.117. The van der Waals surface area contributed by atoms with Crippen LogP contribution in [0, 0.1) is 5.82 Å². The van der Waals surface area contributed by atoms with E-state index in [4.69, 9.17) is 0 Å². The van der Waals surface area contributed by atoms with Crippen molar-refractivity contribution >= 4 is 15.9 Å². The van der Waals surface area contributed by atoms with Crippen LogP contribution >= 0.6 is 15.9 Å². The molecular formula is C11H12BrF2N. The molecule has 2 rings (SSSR count). The third kappa shape index (κ3) is 2.06. The van der Waals surface area contributed by atoms with Gasteiger partial charge in [-0.2, -0.15) is 0 Å². The molecular weight excluding hydrogens is 264 g/mol. The fraction of sp³-hybridized carbons (Fsp3) is 0.455. The molecule has 1 aromatic carbocycles. The Balaban J connectivity index is 2.39. The molecule has 4 heteroatoms. The number of benzene rings is 1. The number of rotatable bonds is 1. The molecule has 0 radical (unpaired) electrons. The molecule has 0 amide bonds. The first kappa shape index (κ1) is 11.0. The van der Waals surface area contributed by atoms with E-state index in [0.29, 0.717) is 10.9 Å². The molecule has 1 fully saturated rings. The van der Waals surface area contributed by atoms with E-state index in [1.807, 2.05) is 0 Å². The van der Waals surface area contributed by atoms with Crippen LogP contribution < -0.4 is 5.32 Å². The zero-order valence-electron chi connectivity index (χ0n) is 8.19. The molecule has 1 aliphatic heterocycles. The standard InChI is InChI=1S/C11H12BrF2N/c12-9-4-1-3-8(10(9)13)11(14)5-2-6-15-7-11/h1,3-4,15H,2,5-7H2. The van der Waals surface area contributed by atoms with Gasteiger partial charge in [0.25, 0.3) is 0 Å². The first-order valence-electron chi connectivity index (χ1n) is 4.98. The zero-order valence-corrected chi connectivity index (χ0v) is 9.78. The minimum absolute atomic E-state index is 0.157. The summed E-state index contributed by atoms with van der Waals surface area (Å²) in [6, 6.07) is 4.77. The molecule has 1 N–H and O–H groups in total. The van der Waals surface area contributed by atoms with Gasteiger partial charge in [0.05, 0.1) is 4.47 Å². The Morgan fingerprint density at radius 2 is 2.20 bits per heavy atom. The summed E-state index contributed by atoms with van der Waals surface area (Å²) in [7, 11) is 0. The van der Waals surface area contributed by atoms with E-state index in [1.54, 1.807) is 12.1 Å². The summed E-state index contributed by atoms with van der Waals surface area (Å²) in [6.07, 6.45) is 1.12. The first-order chi connectivity index (χ1) is 7.13. The van der Waals surface area contributed by atoms with Crippen molar-refractivity contribution in [3.8, 4) is 0 Å². The number of halogens is 3. The Morgan fingerprint density at radius 3 is 2.87 bits per heavy atom. The number of piperidine rings is 1. The van der Waals surface area contributed by atoms with Crippen molar-refractivity contribution in [3.63, 3.8) is 0 Å². The molecule has 1 aromatic rings. The van der Waals surface area contributed by atoms with Gasteiger partial charge < -0.3 is 5.32 Å². The molecule has 0 aromatic heterocycles. The lowest BCUT2D eigenvalue weighted by Crippen LogP contribution is -2.40. The van der Waals surface area contributed by atoms with Gasteiger partial charge in [-0.3, -0.25) is 0 Å². The molecule has 1 unspecified atom stereocenters. The SMILES string of the molecule is Fc1c(Br)cccc1C1(F)CCCNC1. The number of nitrogens with one attached hydrogen (secondary N) is 1. The molecule has 1 atom stereocenters. The predicted molar refractivity (Wildman–Crippen MR) is 59.0 cm³/mol. The van der Waals surface area contributed by atoms with Gasteiger partial charge in [0, 0.05) is 12.1 Å². The van der Waals surface area contributed by atoms with Crippen molar-refractivity contribution in [2.24, 2.45) is 0 Å². The number of hydrogen-bond acceptors (Lipinski definition) is 1. The van der Waals surface area contributed by atoms with Gasteiger partial charge in [-0.1, -0.05) is 12.1 Å². The highest BCUT2D eigenvalue weighted by Crippen LogP contribution is 2.36. The summed E-state index contributed by atoms with van der Waals surface area (Å²) < 4.78 is 28.5. The lowest BCUT2D eigenvalue weighted by atomic mass is 9.88. The third-order valence-corrected chi connectivity index (χ3v) is 3.38. The molecule has 82 valence electrons. The maximum absolute atomic E-state index is 14.4. The van der Waals surface area contributed by atoms with E-state index < -0.39 is 11.5 Å². The molecule has 1 nitrogen and oxygen atoms in total. The Kier molecular flexibility index (Phi) is 3.07. The summed E-state index contributed by atoms with van der Waals surface area (Å²) in [4.78, 5) is 0. The first-order valence-corrected chi connectivity index (χ1v) is 5.77. The smallest absolute Gasteiger partial charge is 0.151 e. The predicted octanol–water partition coefficient (Wildman–Crippen LogP) is 3.14. The van der Waals surface area contributed by atoms with Crippen LogP contribution in [0.4, 0.5) is 8.78 Å². The van der Waals surface area contributed by atoms with Crippen LogP contribution in [0.15, 0.2) is 22.7 Å². The summed E-state index contributed by atoms with van der Waals surface area (Å²) in [5.74, 6) is -0.483. The quantitative estimate of drug-likeness (QED) is 0.831. The monoisotopic (exact) mass is 275 g/mol. The lowest BCUT2D eigenvalue weighted by Gasteiger charge is -2.30. The maximum atomic E-state index is 14.4. The van der Waals surface area contributed by atoms with Crippen LogP contribution in [0.2, 0.25) is 0 Å². The second kappa shape index (κ2) is 4.18. The van der Waals surface area contributed by atoms with Crippen molar-refractivity contribution in [2.75, 3.05) is 13.1 Å². The second-order valence-electron chi connectivity index (χ2n) is 3.85. The molecule has 0 aliphatic carbocycles. The highest BCUT2D eigenvalue weighted by molar-refractivity contribution is 9.10. The average Bonchev–Trinajstić information content (AvgIpc) is 2.23. The molecule has 0 spiro atoms. The van der Waals surface area contributed by atoms with Crippen LogP contribution in [-0.4, -0.2) is 13.1 Å². The Bertz CT molecular complexity index is 362. The van der Waals surface area contributed by atoms with Crippen LogP contribution in [-0.2, 0) is 5.67 Å². The van der Waals surface area contributed by atoms with E-state index in [9.17, 15) is 8.78 Å². The van der Waals surface area contributed by atoms with Crippen LogP contribution in [0.5, 0.6) is 0 Å². The van der Waals surface area contributed by atoms with E-state index in [-0.39, 0.29) is 12.1 Å². The molecule has 1 aliphatic rings. The van der Waals surface area contributed by atoms with Crippen molar-refractivity contribution < 1.29 is 8.78 Å². The normalized spacial score (nSPS) is 26.6. The van der Waals surface area contributed by atoms with Crippen molar-refractivity contribution in [3.05, 3.63) is 34.1 Å². The van der Waals surface area contributed by atoms with E-state index in [0.717, 1.165) is 13.0 Å². The maximum Gasteiger partial charge on any atom is 0.151 e. The van der Waals surface area contributed by atoms with Crippen molar-refractivity contribution in [1.82, 2.24) is 5.32 Å². The van der Waals surface area contributed by atoms with Gasteiger partial charge in [0.2, 0.25) is 0 Å². The summed E-state index contributed by atoms with van der Waals surface area (Å²) >= 11 is 3.07. The van der Waals surface area contributed by atoms with E-state index in [1.165, 1.54) is 6.07 Å². The van der Waals surface area contributed by atoms with Gasteiger partial charge in [-0.05, 0) is 41.4 Å². The minimum Gasteiger partial charge on any atom is -0.313 e. The van der Waals surface area contributed by atoms with Crippen LogP contribution in [0.3, 0.4) is 0 Å². The third-order valence-electron chi connectivity index (χ3n) is 2.77. The van der Waals surface area contributed by atoms with E-state index >= 15 is 0 Å². The van der Waals surface area contributed by atoms with Crippen molar-refractivity contribution in [1.29, 1.82) is 0 Å². The zero-order chi connectivity index (χ0) is 10.9. The molecule has 1 heterocycles. The fourth-order valence-electron chi connectivity index (χ4n) is 1.95. The van der Waals surface area contributed by atoms with E-state index in [2.05, 4.69) is 21.2 Å². The number of alkyl halides is 1. The largest absolute Gasteiger partial charge is 0.313 e. The molecule has 15 heavy (non-hydrogen) atoms. The van der Waals surface area contributed by atoms with Gasteiger partial charge in [0.1, 0.15) is 5.82 Å². The molecule has 1 saturated heterocycles.